The molecule has 86 valence electrons. The summed E-state index contributed by atoms with van der Waals surface area (Å²) in [4.78, 5) is 10.7. The molecule has 0 spiro atoms. The number of carbonyl (C=O) groups excluding carboxylic acids is 1. The van der Waals surface area contributed by atoms with E-state index in [0.29, 0.717) is 11.3 Å². The molecule has 0 saturated heterocycles. The maximum absolute atomic E-state index is 12.8. The van der Waals surface area contributed by atoms with E-state index in [1.165, 1.54) is 12.1 Å². The average Bonchev–Trinajstić information content (AvgIpc) is 2.39. The second-order valence-electron chi connectivity index (χ2n) is 3.58. The first-order chi connectivity index (χ1) is 8.24. The van der Waals surface area contributed by atoms with Gasteiger partial charge in [0.2, 0.25) is 0 Å². The summed E-state index contributed by atoms with van der Waals surface area (Å²) in [6, 6.07) is 11.2. The summed E-state index contributed by atoms with van der Waals surface area (Å²) in [7, 11) is 1.56. The van der Waals surface area contributed by atoms with Crippen LogP contribution in [0.15, 0.2) is 42.5 Å². The van der Waals surface area contributed by atoms with Crippen molar-refractivity contribution in [3.63, 3.8) is 0 Å². The maximum Gasteiger partial charge on any atom is 0.150 e. The topological polar surface area (TPSA) is 26.3 Å². The monoisotopic (exact) mass is 230 g/mol. The molecule has 0 N–H and O–H groups in total. The molecule has 0 heterocycles. The average molecular weight is 230 g/mol. The van der Waals surface area contributed by atoms with Crippen LogP contribution in [0, 0.1) is 5.82 Å². The molecule has 0 fully saturated rings. The lowest BCUT2D eigenvalue weighted by molar-refractivity contribution is 0.112. The standard InChI is InChI=1S/C14H11FO2/c1-17-14-7-2-10(9-16)8-13(14)11-3-5-12(15)6-4-11/h2-9H,1H3. The Hall–Kier alpha value is -2.16. The molecule has 2 rings (SSSR count). The Morgan fingerprint density at radius 2 is 1.82 bits per heavy atom. The Bertz CT molecular complexity index is 532. The van der Waals surface area contributed by atoms with Crippen LogP contribution in [0.3, 0.4) is 0 Å². The van der Waals surface area contributed by atoms with E-state index in [1.807, 2.05) is 0 Å². The molecule has 3 heteroatoms. The van der Waals surface area contributed by atoms with Gasteiger partial charge in [-0.1, -0.05) is 12.1 Å². The molecular formula is C14H11FO2. The van der Waals surface area contributed by atoms with Crippen molar-refractivity contribution in [1.82, 2.24) is 0 Å². The maximum atomic E-state index is 12.8. The van der Waals surface area contributed by atoms with Crippen molar-refractivity contribution in [2.45, 2.75) is 0 Å². The van der Waals surface area contributed by atoms with Crippen LogP contribution in [0.2, 0.25) is 0 Å². The first-order valence-electron chi connectivity index (χ1n) is 5.14. The van der Waals surface area contributed by atoms with Crippen molar-refractivity contribution >= 4 is 6.29 Å². The summed E-state index contributed by atoms with van der Waals surface area (Å²) in [5, 5.41) is 0. The lowest BCUT2D eigenvalue weighted by Crippen LogP contribution is -1.90. The van der Waals surface area contributed by atoms with Crippen LogP contribution in [-0.4, -0.2) is 13.4 Å². The fraction of sp³-hybridized carbons (Fsp3) is 0.0714. The Morgan fingerprint density at radius 1 is 1.12 bits per heavy atom. The van der Waals surface area contributed by atoms with Crippen molar-refractivity contribution in [1.29, 1.82) is 0 Å². The van der Waals surface area contributed by atoms with Gasteiger partial charge in [0.25, 0.3) is 0 Å². The van der Waals surface area contributed by atoms with E-state index in [4.69, 9.17) is 4.74 Å². The van der Waals surface area contributed by atoms with E-state index in [9.17, 15) is 9.18 Å². The zero-order chi connectivity index (χ0) is 12.3. The second kappa shape index (κ2) is 4.78. The van der Waals surface area contributed by atoms with Crippen LogP contribution in [0.4, 0.5) is 4.39 Å². The molecule has 0 amide bonds. The highest BCUT2D eigenvalue weighted by molar-refractivity contribution is 5.81. The van der Waals surface area contributed by atoms with Crippen molar-refractivity contribution < 1.29 is 13.9 Å². The summed E-state index contributed by atoms with van der Waals surface area (Å²) < 4.78 is 18.1. The first-order valence-corrected chi connectivity index (χ1v) is 5.14. The first kappa shape index (κ1) is 11.3. The molecule has 0 aliphatic heterocycles. The quantitative estimate of drug-likeness (QED) is 0.756. The van der Waals surface area contributed by atoms with Gasteiger partial charge in [-0.3, -0.25) is 4.79 Å². The van der Waals surface area contributed by atoms with Gasteiger partial charge in [0, 0.05) is 11.1 Å². The van der Waals surface area contributed by atoms with Crippen molar-refractivity contribution in [3.05, 3.63) is 53.8 Å². The highest BCUT2D eigenvalue weighted by Crippen LogP contribution is 2.30. The van der Waals surface area contributed by atoms with Crippen LogP contribution in [0.1, 0.15) is 10.4 Å². The highest BCUT2D eigenvalue weighted by Gasteiger charge is 2.06. The minimum absolute atomic E-state index is 0.292. The van der Waals surface area contributed by atoms with Crippen LogP contribution in [0.25, 0.3) is 11.1 Å². The number of rotatable bonds is 3. The molecule has 0 aromatic heterocycles. The van der Waals surface area contributed by atoms with Gasteiger partial charge < -0.3 is 4.74 Å². The van der Waals surface area contributed by atoms with Crippen LogP contribution >= 0.6 is 0 Å². The summed E-state index contributed by atoms with van der Waals surface area (Å²) >= 11 is 0. The lowest BCUT2D eigenvalue weighted by Gasteiger charge is -2.09. The number of carbonyl (C=O) groups is 1. The Labute approximate surface area is 98.7 Å². The number of ether oxygens (including phenoxy) is 1. The van der Waals surface area contributed by atoms with E-state index in [2.05, 4.69) is 0 Å². The molecule has 0 aliphatic carbocycles. The number of benzene rings is 2. The molecule has 2 aromatic rings. The number of hydrogen-bond acceptors (Lipinski definition) is 2. The Morgan fingerprint density at radius 3 is 2.41 bits per heavy atom. The number of hydrogen-bond donors (Lipinski definition) is 0. The van der Waals surface area contributed by atoms with E-state index >= 15 is 0 Å². The van der Waals surface area contributed by atoms with Gasteiger partial charge in [0.05, 0.1) is 7.11 Å². The third kappa shape index (κ3) is 2.33. The SMILES string of the molecule is COc1ccc(C=O)cc1-c1ccc(F)cc1. The molecule has 0 aliphatic rings. The van der Waals surface area contributed by atoms with Gasteiger partial charge >= 0.3 is 0 Å². The Kier molecular flexibility index (Phi) is 3.19. The van der Waals surface area contributed by atoms with Crippen molar-refractivity contribution in [2.24, 2.45) is 0 Å². The molecule has 0 bridgehead atoms. The smallest absolute Gasteiger partial charge is 0.150 e. The van der Waals surface area contributed by atoms with Crippen LogP contribution in [0.5, 0.6) is 5.75 Å². The van der Waals surface area contributed by atoms with E-state index < -0.39 is 0 Å². The zero-order valence-electron chi connectivity index (χ0n) is 9.31. The molecule has 0 atom stereocenters. The molecule has 0 unspecified atom stereocenters. The predicted octanol–water partition coefficient (Wildman–Crippen LogP) is 3.31. The minimum Gasteiger partial charge on any atom is -0.496 e. The normalized spacial score (nSPS) is 10.0. The van der Waals surface area contributed by atoms with Gasteiger partial charge in [-0.15, -0.1) is 0 Å². The van der Waals surface area contributed by atoms with Gasteiger partial charge in [0.1, 0.15) is 17.9 Å². The van der Waals surface area contributed by atoms with Crippen molar-refractivity contribution in [3.8, 4) is 16.9 Å². The second-order valence-corrected chi connectivity index (χ2v) is 3.58. The summed E-state index contributed by atoms with van der Waals surface area (Å²) in [6.07, 6.45) is 0.770. The van der Waals surface area contributed by atoms with Crippen LogP contribution < -0.4 is 4.74 Å². The third-order valence-electron chi connectivity index (χ3n) is 2.51. The summed E-state index contributed by atoms with van der Waals surface area (Å²) in [5.74, 6) is 0.362. The molecule has 0 saturated carbocycles. The minimum atomic E-state index is -0.292. The number of methoxy groups -OCH3 is 1. The van der Waals surface area contributed by atoms with Crippen molar-refractivity contribution in [2.75, 3.05) is 7.11 Å². The van der Waals surface area contributed by atoms with Gasteiger partial charge in [-0.2, -0.15) is 0 Å². The fourth-order valence-corrected chi connectivity index (χ4v) is 1.65. The molecule has 2 nitrogen and oxygen atoms in total. The zero-order valence-corrected chi connectivity index (χ0v) is 9.31. The molecule has 17 heavy (non-hydrogen) atoms. The largest absolute Gasteiger partial charge is 0.496 e. The van der Waals surface area contributed by atoms with Crippen LogP contribution in [-0.2, 0) is 0 Å². The number of halogens is 1. The van der Waals surface area contributed by atoms with E-state index in [1.54, 1.807) is 37.4 Å². The van der Waals surface area contributed by atoms with E-state index in [0.717, 1.165) is 17.4 Å². The molecule has 2 aromatic carbocycles. The lowest BCUT2D eigenvalue weighted by atomic mass is 10.0. The highest BCUT2D eigenvalue weighted by atomic mass is 19.1. The summed E-state index contributed by atoms with van der Waals surface area (Å²) in [6.45, 7) is 0. The van der Waals surface area contributed by atoms with Gasteiger partial charge in [-0.25, -0.2) is 4.39 Å². The predicted molar refractivity (Wildman–Crippen MR) is 63.8 cm³/mol. The van der Waals surface area contributed by atoms with Gasteiger partial charge in [0.15, 0.2) is 0 Å². The molecule has 0 radical (unpaired) electrons. The Balaban J connectivity index is 2.55. The van der Waals surface area contributed by atoms with E-state index in [-0.39, 0.29) is 5.82 Å². The fourth-order valence-electron chi connectivity index (χ4n) is 1.65. The van der Waals surface area contributed by atoms with Gasteiger partial charge in [-0.05, 0) is 35.9 Å². The molecular weight excluding hydrogens is 219 g/mol. The third-order valence-corrected chi connectivity index (χ3v) is 2.51. The number of aldehydes is 1. The summed E-state index contributed by atoms with van der Waals surface area (Å²) in [5.41, 5.74) is 2.15.